The Morgan fingerprint density at radius 1 is 0.286 bits per heavy atom. The zero-order valence-corrected chi connectivity index (χ0v) is 34.5. The second-order valence-corrected chi connectivity index (χ2v) is 16.1. The lowest BCUT2D eigenvalue weighted by Gasteiger charge is -2.12. The van der Waals surface area contributed by atoms with E-state index in [0.29, 0.717) is 17.5 Å². The summed E-state index contributed by atoms with van der Waals surface area (Å²) in [5.41, 5.74) is 15.8. The second kappa shape index (κ2) is 14.9. The maximum atomic E-state index is 5.00. The van der Waals surface area contributed by atoms with Gasteiger partial charge in [0.05, 0.1) is 22.1 Å². The van der Waals surface area contributed by atoms with E-state index in [1.807, 2.05) is 60.7 Å². The molecule has 0 saturated carbocycles. The highest BCUT2D eigenvalue weighted by Crippen LogP contribution is 2.38. The zero-order chi connectivity index (χ0) is 41.9. The Morgan fingerprint density at radius 3 is 1.33 bits per heavy atom. The fourth-order valence-electron chi connectivity index (χ4n) is 9.24. The Morgan fingerprint density at radius 2 is 0.714 bits per heavy atom. The second-order valence-electron chi connectivity index (χ2n) is 16.1. The van der Waals surface area contributed by atoms with E-state index < -0.39 is 0 Å². The summed E-state index contributed by atoms with van der Waals surface area (Å²) in [7, 11) is 0. The van der Waals surface area contributed by atoms with Gasteiger partial charge in [0.25, 0.3) is 0 Å². The van der Waals surface area contributed by atoms with Crippen LogP contribution in [-0.2, 0) is 0 Å². The summed E-state index contributed by atoms with van der Waals surface area (Å²) < 4.78 is 4.78. The van der Waals surface area contributed by atoms with Gasteiger partial charge in [-0.15, -0.1) is 0 Å². The Bertz CT molecular complexity index is 3620. The first-order valence-corrected chi connectivity index (χ1v) is 21.4. The molecule has 3 aromatic heterocycles. The lowest BCUT2D eigenvalue weighted by Crippen LogP contribution is -2.00. The zero-order valence-electron chi connectivity index (χ0n) is 34.5. The molecule has 0 fully saturated rings. The number of para-hydroxylation sites is 3. The molecule has 12 aromatic rings. The Labute approximate surface area is 364 Å². The Kier molecular flexibility index (Phi) is 8.64. The van der Waals surface area contributed by atoms with Crippen LogP contribution in [0.25, 0.3) is 111 Å². The van der Waals surface area contributed by atoms with Crippen molar-refractivity contribution in [1.29, 1.82) is 0 Å². The summed E-state index contributed by atoms with van der Waals surface area (Å²) in [6, 6.07) is 77.5. The molecule has 0 unspecified atom stereocenters. The van der Waals surface area contributed by atoms with Gasteiger partial charge in [-0.25, -0.2) is 15.0 Å². The molecule has 0 aliphatic heterocycles. The Hall–Kier alpha value is -8.41. The van der Waals surface area contributed by atoms with Crippen LogP contribution in [0, 0.1) is 6.92 Å². The Balaban J connectivity index is 0.915. The molecular weight excluding hydrogens is 767 g/mol. The third-order valence-electron chi connectivity index (χ3n) is 12.3. The van der Waals surface area contributed by atoms with Gasteiger partial charge in [-0.2, -0.15) is 0 Å². The van der Waals surface area contributed by atoms with Crippen LogP contribution >= 0.6 is 0 Å². The summed E-state index contributed by atoms with van der Waals surface area (Å²) >= 11 is 0. The summed E-state index contributed by atoms with van der Waals surface area (Å²) in [6.07, 6.45) is 0. The van der Waals surface area contributed by atoms with Gasteiger partial charge in [-0.1, -0.05) is 158 Å². The van der Waals surface area contributed by atoms with Gasteiger partial charge in [-0.05, 0) is 95.4 Å². The summed E-state index contributed by atoms with van der Waals surface area (Å²) in [5.74, 6) is 1.94. The molecule has 5 heteroatoms. The average molecular weight is 806 g/mol. The normalized spacial score (nSPS) is 11.6. The number of aromatic nitrogens is 5. The summed E-state index contributed by atoms with van der Waals surface area (Å²) in [4.78, 5) is 14.9. The van der Waals surface area contributed by atoms with Crippen molar-refractivity contribution in [1.82, 2.24) is 24.1 Å². The predicted molar refractivity (Wildman–Crippen MR) is 260 cm³/mol. The van der Waals surface area contributed by atoms with Crippen molar-refractivity contribution in [2.24, 2.45) is 0 Å². The fourth-order valence-corrected chi connectivity index (χ4v) is 9.24. The summed E-state index contributed by atoms with van der Waals surface area (Å²) in [5, 5.41) is 4.92. The van der Waals surface area contributed by atoms with Gasteiger partial charge in [0, 0.05) is 49.6 Å². The summed E-state index contributed by atoms with van der Waals surface area (Å²) in [6.45, 7) is 2.18. The molecule has 0 amide bonds. The van der Waals surface area contributed by atoms with Crippen molar-refractivity contribution in [3.63, 3.8) is 0 Å². The monoisotopic (exact) mass is 805 g/mol. The van der Waals surface area contributed by atoms with Gasteiger partial charge >= 0.3 is 0 Å². The van der Waals surface area contributed by atoms with Gasteiger partial charge in [0.1, 0.15) is 0 Å². The number of nitrogens with zero attached hydrogens (tertiary/aromatic N) is 5. The first-order valence-electron chi connectivity index (χ1n) is 21.4. The van der Waals surface area contributed by atoms with Crippen LogP contribution < -0.4 is 0 Å². The molecule has 0 aliphatic rings. The highest BCUT2D eigenvalue weighted by molar-refractivity contribution is 6.12. The van der Waals surface area contributed by atoms with E-state index >= 15 is 0 Å². The maximum Gasteiger partial charge on any atom is 0.164 e. The van der Waals surface area contributed by atoms with E-state index in [0.717, 1.165) is 39.0 Å². The van der Waals surface area contributed by atoms with Crippen molar-refractivity contribution >= 4 is 43.6 Å². The molecule has 0 aliphatic carbocycles. The molecule has 5 nitrogen and oxygen atoms in total. The SMILES string of the molecule is Cc1ccccc1-n1c2ccccc2c2cc(-c3ccc(-n4c5ccccc5c5cc(-c6cccc(-c7nc(-c8ccccc8)nc(-c8ccccc8)n7)c6)ccc54)cc3)ccc21. The van der Waals surface area contributed by atoms with Crippen molar-refractivity contribution in [3.05, 3.63) is 224 Å². The smallest absolute Gasteiger partial charge is 0.164 e. The van der Waals surface area contributed by atoms with Gasteiger partial charge in [0.15, 0.2) is 17.5 Å². The molecule has 9 aromatic carbocycles. The highest BCUT2D eigenvalue weighted by atomic mass is 15.0. The minimum atomic E-state index is 0.639. The van der Waals surface area contributed by atoms with Crippen molar-refractivity contribution in [3.8, 4) is 67.8 Å². The first-order chi connectivity index (χ1) is 31.1. The predicted octanol–water partition coefficient (Wildman–Crippen LogP) is 14.7. The minimum absolute atomic E-state index is 0.639. The van der Waals surface area contributed by atoms with Crippen LogP contribution in [0.2, 0.25) is 0 Å². The largest absolute Gasteiger partial charge is 0.309 e. The van der Waals surface area contributed by atoms with Crippen molar-refractivity contribution < 1.29 is 0 Å². The number of hydrogen-bond donors (Lipinski definition) is 0. The van der Waals surface area contributed by atoms with E-state index in [2.05, 4.69) is 174 Å². The van der Waals surface area contributed by atoms with Gasteiger partial charge in [0.2, 0.25) is 0 Å². The van der Waals surface area contributed by atoms with E-state index in [-0.39, 0.29) is 0 Å². The lowest BCUT2D eigenvalue weighted by molar-refractivity contribution is 1.07. The molecule has 0 atom stereocenters. The van der Waals surface area contributed by atoms with Gasteiger partial charge in [-0.3, -0.25) is 0 Å². The minimum Gasteiger partial charge on any atom is -0.309 e. The molecule has 3 heterocycles. The molecule has 0 bridgehead atoms. The molecule has 63 heavy (non-hydrogen) atoms. The topological polar surface area (TPSA) is 48.5 Å². The third kappa shape index (κ3) is 6.29. The first kappa shape index (κ1) is 36.4. The van der Waals surface area contributed by atoms with Crippen molar-refractivity contribution in [2.45, 2.75) is 6.92 Å². The number of fused-ring (bicyclic) bond motifs is 6. The van der Waals surface area contributed by atoms with Crippen LogP contribution in [0.3, 0.4) is 0 Å². The maximum absolute atomic E-state index is 5.00. The lowest BCUT2D eigenvalue weighted by atomic mass is 10.0. The van der Waals surface area contributed by atoms with E-state index in [1.165, 1.54) is 60.5 Å². The van der Waals surface area contributed by atoms with Crippen LogP contribution in [0.5, 0.6) is 0 Å². The molecule has 0 saturated heterocycles. The fraction of sp³-hybridized carbons (Fsp3) is 0.0172. The third-order valence-corrected chi connectivity index (χ3v) is 12.3. The van der Waals surface area contributed by atoms with Crippen LogP contribution in [-0.4, -0.2) is 24.1 Å². The molecule has 0 N–H and O–H groups in total. The van der Waals surface area contributed by atoms with Crippen LogP contribution in [0.4, 0.5) is 0 Å². The molecule has 0 radical (unpaired) electrons. The molecule has 296 valence electrons. The van der Waals surface area contributed by atoms with E-state index in [9.17, 15) is 0 Å². The quantitative estimate of drug-likeness (QED) is 0.161. The average Bonchev–Trinajstić information content (AvgIpc) is 3.87. The number of hydrogen-bond acceptors (Lipinski definition) is 3. The van der Waals surface area contributed by atoms with Crippen molar-refractivity contribution in [2.75, 3.05) is 0 Å². The standard InChI is InChI=1S/C58H39N5/c1-38-15-8-11-24-51(38)63-53-26-13-10-23-48(53)50-36-43(29-34-55(50)63)39-27-31-46(32-28-39)62-52-25-12-9-22-47(52)49-37-44(30-33-54(49)62)42-20-14-21-45(35-42)58-60-56(40-16-4-2-5-17-40)59-57(61-58)41-18-6-3-7-19-41/h2-37H,1H3. The molecule has 0 spiro atoms. The highest BCUT2D eigenvalue weighted by Gasteiger charge is 2.17. The van der Waals surface area contributed by atoms with Gasteiger partial charge < -0.3 is 9.13 Å². The number of benzene rings is 9. The van der Waals surface area contributed by atoms with Crippen LogP contribution in [0.15, 0.2) is 218 Å². The van der Waals surface area contributed by atoms with E-state index in [4.69, 9.17) is 15.0 Å². The number of aryl methyl sites for hydroxylation is 1. The molecular formula is C58H39N5. The molecule has 12 rings (SSSR count). The van der Waals surface area contributed by atoms with Crippen LogP contribution in [0.1, 0.15) is 5.56 Å². The van der Waals surface area contributed by atoms with E-state index in [1.54, 1.807) is 0 Å². The number of rotatable bonds is 7.